The largest absolute Gasteiger partial charge is 0.466 e. The molecule has 0 saturated carbocycles. The number of esters is 1. The summed E-state index contributed by atoms with van der Waals surface area (Å²) in [5.41, 5.74) is 0. The Hall–Kier alpha value is -1.40. The van der Waals surface area contributed by atoms with Crippen LogP contribution in [-0.4, -0.2) is 47.4 Å². The van der Waals surface area contributed by atoms with Crippen LogP contribution in [0.15, 0.2) is 12.2 Å². The maximum Gasteiger partial charge on any atom is 0.305 e. The molecule has 0 bridgehead atoms. The molecule has 2 atom stereocenters. The first-order chi connectivity index (χ1) is 33.5. The van der Waals surface area contributed by atoms with E-state index in [9.17, 15) is 19.8 Å². The molecular formula is C62H121NO5. The number of allylic oxidation sites excluding steroid dienone is 2. The van der Waals surface area contributed by atoms with E-state index in [2.05, 4.69) is 31.3 Å². The molecule has 0 radical (unpaired) electrons. The van der Waals surface area contributed by atoms with Crippen molar-refractivity contribution in [2.24, 2.45) is 0 Å². The molecule has 0 aromatic heterocycles. The second kappa shape index (κ2) is 58.2. The first kappa shape index (κ1) is 66.6. The summed E-state index contributed by atoms with van der Waals surface area (Å²) in [4.78, 5) is 24.5. The fraction of sp³-hybridized carbons (Fsp3) is 0.935. The lowest BCUT2D eigenvalue weighted by molar-refractivity contribution is -0.143. The molecular weight excluding hydrogens is 839 g/mol. The molecule has 0 saturated heterocycles. The van der Waals surface area contributed by atoms with Crippen LogP contribution in [0.25, 0.3) is 0 Å². The predicted molar refractivity (Wildman–Crippen MR) is 297 cm³/mol. The third-order valence-electron chi connectivity index (χ3n) is 14.6. The number of unbranched alkanes of at least 4 members (excludes halogenated alkanes) is 45. The lowest BCUT2D eigenvalue weighted by Gasteiger charge is -2.22. The number of nitrogens with one attached hydrogen (secondary N) is 1. The van der Waals surface area contributed by atoms with E-state index in [-0.39, 0.29) is 18.5 Å². The van der Waals surface area contributed by atoms with Crippen molar-refractivity contribution in [1.82, 2.24) is 5.32 Å². The highest BCUT2D eigenvalue weighted by molar-refractivity contribution is 5.76. The maximum absolute atomic E-state index is 12.5. The Kier molecular flexibility index (Phi) is 57.0. The average Bonchev–Trinajstić information content (AvgIpc) is 3.34. The van der Waals surface area contributed by atoms with Gasteiger partial charge in [0.05, 0.1) is 25.4 Å². The van der Waals surface area contributed by atoms with Crippen LogP contribution in [0.5, 0.6) is 0 Å². The summed E-state index contributed by atoms with van der Waals surface area (Å²) in [6, 6.07) is -0.546. The number of ether oxygens (including phenoxy) is 1. The summed E-state index contributed by atoms with van der Waals surface area (Å²) < 4.78 is 5.47. The van der Waals surface area contributed by atoms with Crippen molar-refractivity contribution in [2.75, 3.05) is 13.2 Å². The highest BCUT2D eigenvalue weighted by Crippen LogP contribution is 2.18. The molecule has 0 aliphatic carbocycles. The summed E-state index contributed by atoms with van der Waals surface area (Å²) in [7, 11) is 0. The maximum atomic E-state index is 12.5. The van der Waals surface area contributed by atoms with Gasteiger partial charge < -0.3 is 20.3 Å². The Balaban J connectivity index is 3.41. The minimum Gasteiger partial charge on any atom is -0.466 e. The van der Waals surface area contributed by atoms with Crippen LogP contribution in [0.2, 0.25) is 0 Å². The number of aliphatic hydroxyl groups is 2. The van der Waals surface area contributed by atoms with Gasteiger partial charge in [-0.05, 0) is 51.4 Å². The van der Waals surface area contributed by atoms with Crippen molar-refractivity contribution in [3.8, 4) is 0 Å². The van der Waals surface area contributed by atoms with E-state index >= 15 is 0 Å². The first-order valence-corrected chi connectivity index (χ1v) is 30.9. The summed E-state index contributed by atoms with van der Waals surface area (Å²) in [6.07, 6.45) is 69.3. The molecule has 0 aromatic carbocycles. The van der Waals surface area contributed by atoms with Crippen molar-refractivity contribution in [3.05, 3.63) is 12.2 Å². The van der Waals surface area contributed by atoms with Gasteiger partial charge in [-0.2, -0.15) is 0 Å². The van der Waals surface area contributed by atoms with Gasteiger partial charge in [-0.25, -0.2) is 0 Å². The quantitative estimate of drug-likeness (QED) is 0.0321. The number of aliphatic hydroxyl groups excluding tert-OH is 2. The number of carbonyl (C=O) groups is 2. The highest BCUT2D eigenvalue weighted by atomic mass is 16.5. The van der Waals surface area contributed by atoms with Crippen molar-refractivity contribution < 1.29 is 24.5 Å². The Morgan fingerprint density at radius 3 is 1.04 bits per heavy atom. The zero-order chi connectivity index (χ0) is 49.3. The van der Waals surface area contributed by atoms with E-state index in [0.29, 0.717) is 25.9 Å². The lowest BCUT2D eigenvalue weighted by atomic mass is 10.0. The highest BCUT2D eigenvalue weighted by Gasteiger charge is 2.20. The van der Waals surface area contributed by atoms with Crippen molar-refractivity contribution in [1.29, 1.82) is 0 Å². The predicted octanol–water partition coefficient (Wildman–Crippen LogP) is 19.2. The van der Waals surface area contributed by atoms with E-state index in [4.69, 9.17) is 4.74 Å². The zero-order valence-corrected chi connectivity index (χ0v) is 46.1. The van der Waals surface area contributed by atoms with Crippen molar-refractivity contribution in [2.45, 2.75) is 360 Å². The van der Waals surface area contributed by atoms with E-state index < -0.39 is 12.1 Å². The number of amides is 1. The molecule has 68 heavy (non-hydrogen) atoms. The first-order valence-electron chi connectivity index (χ1n) is 30.9. The third kappa shape index (κ3) is 53.9. The van der Waals surface area contributed by atoms with Crippen LogP contribution in [0.1, 0.15) is 348 Å². The molecule has 0 heterocycles. The van der Waals surface area contributed by atoms with Gasteiger partial charge in [-0.15, -0.1) is 0 Å². The molecule has 3 N–H and O–H groups in total. The minimum atomic E-state index is -0.668. The molecule has 0 aliphatic heterocycles. The van der Waals surface area contributed by atoms with E-state index in [1.54, 1.807) is 0 Å². The van der Waals surface area contributed by atoms with Crippen molar-refractivity contribution in [3.63, 3.8) is 0 Å². The second-order valence-corrected chi connectivity index (χ2v) is 21.4. The second-order valence-electron chi connectivity index (χ2n) is 21.4. The number of rotatable bonds is 58. The number of carbonyl (C=O) groups excluding carboxylic acids is 2. The number of hydrogen-bond acceptors (Lipinski definition) is 5. The molecule has 0 aliphatic rings. The Bertz CT molecular complexity index is 1020. The van der Waals surface area contributed by atoms with Gasteiger partial charge in [-0.3, -0.25) is 9.59 Å². The van der Waals surface area contributed by atoms with Gasteiger partial charge >= 0.3 is 5.97 Å². The smallest absolute Gasteiger partial charge is 0.305 e. The van der Waals surface area contributed by atoms with Crippen LogP contribution in [0, 0.1) is 0 Å². The summed E-state index contributed by atoms with van der Waals surface area (Å²) in [5, 5.41) is 23.3. The lowest BCUT2D eigenvalue weighted by Crippen LogP contribution is -2.45. The fourth-order valence-electron chi connectivity index (χ4n) is 9.81. The minimum absolute atomic E-state index is 0.0113. The van der Waals surface area contributed by atoms with Crippen molar-refractivity contribution >= 4 is 11.9 Å². The van der Waals surface area contributed by atoms with Gasteiger partial charge in [0.15, 0.2) is 0 Å². The standard InChI is InChI=1S/C62H121NO5/c1-3-5-7-9-11-13-15-17-18-25-28-31-34-38-42-46-50-54-60(65)59(58-64)63-61(66)55-51-47-43-39-35-32-29-26-23-21-19-20-22-24-27-30-33-37-41-45-49-53-57-68-62(67)56-52-48-44-40-36-16-14-12-10-8-6-4-2/h21,23,59-60,64-65H,3-20,22,24-58H2,1-2H3,(H,63,66)/b23-21-. The van der Waals surface area contributed by atoms with Crippen LogP contribution >= 0.6 is 0 Å². The van der Waals surface area contributed by atoms with E-state index in [0.717, 1.165) is 38.5 Å². The van der Waals surface area contributed by atoms with Crippen LogP contribution in [0.3, 0.4) is 0 Å². The van der Waals surface area contributed by atoms with E-state index in [1.807, 2.05) is 0 Å². The Morgan fingerprint density at radius 2 is 0.691 bits per heavy atom. The SMILES string of the molecule is CCCCCCCCCCCCCCCCCCCC(O)C(CO)NC(=O)CCCCCCCCC/C=C\CCCCCCCCCCCCCOC(=O)CCCCCCCCCCCCCC. The van der Waals surface area contributed by atoms with Gasteiger partial charge in [0.1, 0.15) is 0 Å². The normalized spacial score (nSPS) is 12.6. The molecule has 6 nitrogen and oxygen atoms in total. The van der Waals surface area contributed by atoms with Gasteiger partial charge in [0, 0.05) is 12.8 Å². The molecule has 404 valence electrons. The fourth-order valence-corrected chi connectivity index (χ4v) is 9.81. The average molecular weight is 961 g/mol. The molecule has 0 spiro atoms. The van der Waals surface area contributed by atoms with Gasteiger partial charge in [0.25, 0.3) is 0 Å². The van der Waals surface area contributed by atoms with Gasteiger partial charge in [-0.1, -0.05) is 296 Å². The van der Waals surface area contributed by atoms with E-state index in [1.165, 1.54) is 276 Å². The van der Waals surface area contributed by atoms with Crippen LogP contribution < -0.4 is 5.32 Å². The molecule has 0 fully saturated rings. The molecule has 0 rings (SSSR count). The Morgan fingerprint density at radius 1 is 0.397 bits per heavy atom. The van der Waals surface area contributed by atoms with Crippen LogP contribution in [0.4, 0.5) is 0 Å². The van der Waals surface area contributed by atoms with Crippen LogP contribution in [-0.2, 0) is 14.3 Å². The summed E-state index contributed by atoms with van der Waals surface area (Å²) in [5.74, 6) is -0.0276. The number of hydrogen-bond donors (Lipinski definition) is 3. The monoisotopic (exact) mass is 960 g/mol. The molecule has 6 heteroatoms. The Labute approximate surface area is 425 Å². The molecule has 2 unspecified atom stereocenters. The zero-order valence-electron chi connectivity index (χ0n) is 46.1. The molecule has 0 aromatic rings. The summed E-state index contributed by atoms with van der Waals surface area (Å²) in [6.45, 7) is 4.97. The third-order valence-corrected chi connectivity index (χ3v) is 14.6. The summed E-state index contributed by atoms with van der Waals surface area (Å²) >= 11 is 0. The van der Waals surface area contributed by atoms with Gasteiger partial charge in [0.2, 0.25) is 5.91 Å². The molecule has 1 amide bonds. The topological polar surface area (TPSA) is 95.9 Å².